The molecule has 2 aromatic carbocycles. The van der Waals surface area contributed by atoms with Gasteiger partial charge in [0, 0.05) is 42.0 Å². The summed E-state index contributed by atoms with van der Waals surface area (Å²) in [7, 11) is 0. The van der Waals surface area contributed by atoms with Gasteiger partial charge < -0.3 is 5.32 Å². The minimum atomic E-state index is 0.0787. The number of para-hydroxylation sites is 1. The fraction of sp³-hybridized carbons (Fsp3) is 0.360. The second-order valence-corrected chi connectivity index (χ2v) is 8.75. The van der Waals surface area contributed by atoms with Crippen molar-refractivity contribution >= 4 is 17.5 Å². The predicted molar refractivity (Wildman–Crippen MR) is 125 cm³/mol. The number of nitrogens with zero attached hydrogens (tertiary/aromatic N) is 3. The number of likely N-dealkylation sites (tertiary alicyclic amines) is 1. The summed E-state index contributed by atoms with van der Waals surface area (Å²) in [5, 5.41) is 8.67. The Hall–Kier alpha value is -2.63. The topological polar surface area (TPSA) is 50.2 Å². The lowest BCUT2D eigenvalue weighted by Crippen LogP contribution is -2.44. The van der Waals surface area contributed by atoms with Crippen LogP contribution in [0.15, 0.2) is 54.6 Å². The largest absolute Gasteiger partial charge is 0.353 e. The van der Waals surface area contributed by atoms with E-state index in [1.54, 1.807) is 0 Å². The van der Waals surface area contributed by atoms with Crippen molar-refractivity contribution in [3.8, 4) is 5.69 Å². The molecule has 1 aliphatic rings. The van der Waals surface area contributed by atoms with Crippen molar-refractivity contribution in [2.45, 2.75) is 45.7 Å². The van der Waals surface area contributed by atoms with Gasteiger partial charge in [-0.3, -0.25) is 9.69 Å². The molecule has 0 saturated carbocycles. The Balaban J connectivity index is 1.30. The van der Waals surface area contributed by atoms with E-state index in [4.69, 9.17) is 11.6 Å². The maximum absolute atomic E-state index is 12.8. The first-order valence-corrected chi connectivity index (χ1v) is 11.2. The second kappa shape index (κ2) is 9.67. The first-order valence-electron chi connectivity index (χ1n) is 10.9. The van der Waals surface area contributed by atoms with E-state index in [-0.39, 0.29) is 11.9 Å². The van der Waals surface area contributed by atoms with E-state index >= 15 is 0 Å². The highest BCUT2D eigenvalue weighted by Crippen LogP contribution is 2.19. The van der Waals surface area contributed by atoms with Crippen LogP contribution in [-0.2, 0) is 17.8 Å². The van der Waals surface area contributed by atoms with Gasteiger partial charge in [0.1, 0.15) is 0 Å². The molecule has 0 aliphatic carbocycles. The lowest BCUT2D eigenvalue weighted by atomic mass is 10.0. The van der Waals surface area contributed by atoms with Crippen LogP contribution in [0.2, 0.25) is 5.02 Å². The van der Waals surface area contributed by atoms with Crippen LogP contribution >= 0.6 is 11.6 Å². The van der Waals surface area contributed by atoms with Crippen LogP contribution in [0.3, 0.4) is 0 Å². The molecule has 1 N–H and O–H groups in total. The van der Waals surface area contributed by atoms with E-state index in [1.165, 1.54) is 5.56 Å². The quantitative estimate of drug-likeness (QED) is 0.620. The molecule has 0 radical (unpaired) electrons. The summed E-state index contributed by atoms with van der Waals surface area (Å²) in [6.45, 7) is 6.90. The summed E-state index contributed by atoms with van der Waals surface area (Å²) in [5.74, 6) is 0.0787. The standard InChI is InChI=1S/C25H29ClN4O/c1-18-24(19(2)30(28-18)23-6-4-3-5-7-23)16-25(31)27-22-12-14-29(15-13-22)17-20-8-10-21(26)11-9-20/h3-11,22H,12-17H2,1-2H3,(H,27,31). The third-order valence-electron chi connectivity index (χ3n) is 6.05. The molecule has 1 amide bonds. The molecule has 0 unspecified atom stereocenters. The number of piperidine rings is 1. The van der Waals surface area contributed by atoms with E-state index < -0.39 is 0 Å². The molecular weight excluding hydrogens is 408 g/mol. The number of nitrogens with one attached hydrogen (secondary N) is 1. The summed E-state index contributed by atoms with van der Waals surface area (Å²) in [4.78, 5) is 15.2. The number of benzene rings is 2. The van der Waals surface area contributed by atoms with Gasteiger partial charge in [0.05, 0.1) is 17.8 Å². The molecule has 0 bridgehead atoms. The average molecular weight is 437 g/mol. The molecule has 4 rings (SSSR count). The molecule has 5 nitrogen and oxygen atoms in total. The number of hydrogen-bond donors (Lipinski definition) is 1. The Morgan fingerprint density at radius 2 is 1.74 bits per heavy atom. The van der Waals surface area contributed by atoms with E-state index in [0.717, 1.165) is 60.1 Å². The smallest absolute Gasteiger partial charge is 0.224 e. The minimum absolute atomic E-state index is 0.0787. The van der Waals surface area contributed by atoms with Crippen molar-refractivity contribution in [3.05, 3.63) is 82.1 Å². The number of carbonyl (C=O) groups is 1. The number of amides is 1. The van der Waals surface area contributed by atoms with Crippen LogP contribution in [0.1, 0.15) is 35.4 Å². The molecule has 1 fully saturated rings. The molecule has 6 heteroatoms. The van der Waals surface area contributed by atoms with Crippen molar-refractivity contribution in [2.75, 3.05) is 13.1 Å². The van der Waals surface area contributed by atoms with Crippen LogP contribution in [0.4, 0.5) is 0 Å². The third-order valence-corrected chi connectivity index (χ3v) is 6.30. The molecular formula is C25H29ClN4O. The zero-order chi connectivity index (χ0) is 21.8. The van der Waals surface area contributed by atoms with E-state index in [1.807, 2.05) is 61.0 Å². The van der Waals surface area contributed by atoms with Gasteiger partial charge in [0.25, 0.3) is 0 Å². The first kappa shape index (κ1) is 21.6. The monoisotopic (exact) mass is 436 g/mol. The second-order valence-electron chi connectivity index (χ2n) is 8.32. The van der Waals surface area contributed by atoms with Crippen molar-refractivity contribution in [2.24, 2.45) is 0 Å². The maximum atomic E-state index is 12.8. The van der Waals surface area contributed by atoms with Crippen LogP contribution in [0, 0.1) is 13.8 Å². The first-order chi connectivity index (χ1) is 15.0. The molecule has 0 spiro atoms. The maximum Gasteiger partial charge on any atom is 0.224 e. The Morgan fingerprint density at radius 3 is 2.42 bits per heavy atom. The Bertz CT molecular complexity index is 1020. The zero-order valence-corrected chi connectivity index (χ0v) is 18.9. The summed E-state index contributed by atoms with van der Waals surface area (Å²) < 4.78 is 1.92. The van der Waals surface area contributed by atoms with Crippen molar-refractivity contribution in [3.63, 3.8) is 0 Å². The Labute approximate surface area is 189 Å². The molecule has 1 aliphatic heterocycles. The van der Waals surface area contributed by atoms with Gasteiger partial charge in [-0.05, 0) is 56.5 Å². The van der Waals surface area contributed by atoms with Gasteiger partial charge in [0.2, 0.25) is 5.91 Å². The van der Waals surface area contributed by atoms with Crippen LogP contribution in [0.25, 0.3) is 5.69 Å². The van der Waals surface area contributed by atoms with Gasteiger partial charge in [0.15, 0.2) is 0 Å². The summed E-state index contributed by atoms with van der Waals surface area (Å²) in [6.07, 6.45) is 2.32. The van der Waals surface area contributed by atoms with Crippen molar-refractivity contribution < 1.29 is 4.79 Å². The number of hydrogen-bond acceptors (Lipinski definition) is 3. The number of aromatic nitrogens is 2. The van der Waals surface area contributed by atoms with E-state index in [2.05, 4.69) is 27.4 Å². The molecule has 1 saturated heterocycles. The molecule has 1 aromatic heterocycles. The third kappa shape index (κ3) is 5.35. The fourth-order valence-corrected chi connectivity index (χ4v) is 4.40. The van der Waals surface area contributed by atoms with Gasteiger partial charge in [-0.15, -0.1) is 0 Å². The van der Waals surface area contributed by atoms with E-state index in [0.29, 0.717) is 6.42 Å². The normalized spacial score (nSPS) is 15.2. The number of aryl methyl sites for hydroxylation is 1. The Morgan fingerprint density at radius 1 is 1.06 bits per heavy atom. The van der Waals surface area contributed by atoms with Crippen LogP contribution < -0.4 is 5.32 Å². The Kier molecular flexibility index (Phi) is 6.73. The van der Waals surface area contributed by atoms with Gasteiger partial charge in [-0.2, -0.15) is 5.10 Å². The lowest BCUT2D eigenvalue weighted by Gasteiger charge is -2.32. The van der Waals surface area contributed by atoms with Gasteiger partial charge in [-0.25, -0.2) is 4.68 Å². The van der Waals surface area contributed by atoms with E-state index in [9.17, 15) is 4.79 Å². The average Bonchev–Trinajstić information content (AvgIpc) is 3.05. The van der Waals surface area contributed by atoms with Gasteiger partial charge >= 0.3 is 0 Å². The van der Waals surface area contributed by atoms with Crippen molar-refractivity contribution in [1.29, 1.82) is 0 Å². The highest BCUT2D eigenvalue weighted by atomic mass is 35.5. The molecule has 162 valence electrons. The summed E-state index contributed by atoms with van der Waals surface area (Å²) >= 11 is 5.97. The highest BCUT2D eigenvalue weighted by molar-refractivity contribution is 6.30. The number of carbonyl (C=O) groups excluding carboxylic acids is 1. The number of halogens is 1. The predicted octanol–water partition coefficient (Wildman–Crippen LogP) is 4.47. The van der Waals surface area contributed by atoms with Crippen LogP contribution in [-0.4, -0.2) is 39.7 Å². The molecule has 0 atom stereocenters. The number of rotatable bonds is 6. The molecule has 3 aromatic rings. The fourth-order valence-electron chi connectivity index (χ4n) is 4.27. The summed E-state index contributed by atoms with van der Waals surface area (Å²) in [6, 6.07) is 18.3. The minimum Gasteiger partial charge on any atom is -0.353 e. The van der Waals surface area contributed by atoms with Crippen LogP contribution in [0.5, 0.6) is 0 Å². The SMILES string of the molecule is Cc1nn(-c2ccccc2)c(C)c1CC(=O)NC1CCN(Cc2ccc(Cl)cc2)CC1. The van der Waals surface area contributed by atoms with Gasteiger partial charge in [-0.1, -0.05) is 41.9 Å². The molecule has 2 heterocycles. The summed E-state index contributed by atoms with van der Waals surface area (Å²) in [5.41, 5.74) is 5.24. The molecule has 31 heavy (non-hydrogen) atoms. The highest BCUT2D eigenvalue weighted by Gasteiger charge is 2.22. The lowest BCUT2D eigenvalue weighted by molar-refractivity contribution is -0.121. The zero-order valence-electron chi connectivity index (χ0n) is 18.1. The van der Waals surface area contributed by atoms with Crippen molar-refractivity contribution in [1.82, 2.24) is 20.0 Å².